The fourth-order valence-corrected chi connectivity index (χ4v) is 1.55. The van der Waals surface area contributed by atoms with Gasteiger partial charge in [0.05, 0.1) is 4.88 Å². The molecule has 0 aliphatic carbocycles. The Labute approximate surface area is 90.9 Å². The first-order valence-corrected chi connectivity index (χ1v) is 4.79. The lowest BCUT2D eigenvalue weighted by Crippen LogP contribution is -2.55. The summed E-state index contributed by atoms with van der Waals surface area (Å²) in [6.45, 7) is 0. The van der Waals surface area contributed by atoms with Crippen LogP contribution in [-0.2, 0) is 0 Å². The smallest absolute Gasteiger partial charge is 0.356 e. The maximum Gasteiger partial charge on any atom is 0.446 e. The maximum absolute atomic E-state index is 13.1. The molecular weight excluding hydrogens is 252 g/mol. The first-order chi connectivity index (χ1) is 7.18. The molecule has 0 fully saturated rings. The summed E-state index contributed by atoms with van der Waals surface area (Å²) >= 11 is 0.707. The number of Topliss-reactive ketones (excluding diaryl/α,β-unsaturated/α-hetero) is 1. The van der Waals surface area contributed by atoms with Crippen LogP contribution in [0.1, 0.15) is 9.67 Å². The Hall–Kier alpha value is -0.990. The fourth-order valence-electron chi connectivity index (χ4n) is 0.870. The van der Waals surface area contributed by atoms with E-state index in [4.69, 9.17) is 10.2 Å². The Kier molecular flexibility index (Phi) is 3.36. The third-order valence-electron chi connectivity index (χ3n) is 1.76. The van der Waals surface area contributed by atoms with E-state index >= 15 is 0 Å². The van der Waals surface area contributed by atoms with Crippen LogP contribution in [0, 0.1) is 0 Å². The molecule has 90 valence electrons. The van der Waals surface area contributed by atoms with Gasteiger partial charge in [0.15, 0.2) is 0 Å². The van der Waals surface area contributed by atoms with Gasteiger partial charge in [-0.25, -0.2) is 4.39 Å². The van der Waals surface area contributed by atoms with E-state index < -0.39 is 23.9 Å². The Morgan fingerprint density at radius 3 is 2.31 bits per heavy atom. The van der Waals surface area contributed by atoms with Crippen LogP contribution >= 0.6 is 11.3 Å². The zero-order valence-electron chi connectivity index (χ0n) is 7.53. The maximum atomic E-state index is 13.1. The molecule has 0 radical (unpaired) electrons. The van der Waals surface area contributed by atoms with Crippen molar-refractivity contribution in [3.8, 4) is 0 Å². The Bertz CT molecular complexity index is 371. The highest BCUT2D eigenvalue weighted by Crippen LogP contribution is 2.34. The number of hydrogen-bond acceptors (Lipinski definition) is 4. The van der Waals surface area contributed by atoms with Crippen molar-refractivity contribution in [3.63, 3.8) is 0 Å². The molecule has 0 aliphatic heterocycles. The molecule has 1 rings (SSSR count). The number of rotatable bonds is 3. The van der Waals surface area contributed by atoms with E-state index in [1.807, 2.05) is 0 Å². The molecule has 2 N–H and O–H groups in total. The van der Waals surface area contributed by atoms with Crippen molar-refractivity contribution in [2.75, 3.05) is 0 Å². The van der Waals surface area contributed by atoms with Gasteiger partial charge in [0.1, 0.15) is 0 Å². The minimum absolute atomic E-state index is 0.316. The molecule has 1 aromatic heterocycles. The molecule has 0 saturated carbocycles. The van der Waals surface area contributed by atoms with Gasteiger partial charge >= 0.3 is 12.0 Å². The zero-order valence-corrected chi connectivity index (χ0v) is 8.35. The molecule has 1 unspecified atom stereocenters. The van der Waals surface area contributed by atoms with Gasteiger partial charge in [0.25, 0.3) is 0 Å². The predicted octanol–water partition coefficient (Wildman–Crippen LogP) is 1.51. The number of thiophene rings is 1. The summed E-state index contributed by atoms with van der Waals surface area (Å²) in [4.78, 5) is 10.8. The average Bonchev–Trinajstić information content (AvgIpc) is 2.66. The van der Waals surface area contributed by atoms with Crippen molar-refractivity contribution in [2.45, 2.75) is 18.1 Å². The van der Waals surface area contributed by atoms with Crippen molar-refractivity contribution in [3.05, 3.63) is 22.4 Å². The predicted molar refractivity (Wildman–Crippen MR) is 46.8 cm³/mol. The lowest BCUT2D eigenvalue weighted by Gasteiger charge is -2.26. The second-order valence-electron chi connectivity index (χ2n) is 2.93. The minimum atomic E-state index is -5.64. The average molecular weight is 258 g/mol. The van der Waals surface area contributed by atoms with Crippen LogP contribution in [0.4, 0.5) is 17.6 Å². The Morgan fingerprint density at radius 1 is 1.38 bits per heavy atom. The van der Waals surface area contributed by atoms with Crippen molar-refractivity contribution < 1.29 is 32.6 Å². The standard InChI is InChI=1S/C8H6F4O3S/c9-6(7(14,15)8(10,11)12)5(13)4-2-1-3-16-4/h1-3,6,14-15H. The largest absolute Gasteiger partial charge is 0.446 e. The minimum Gasteiger partial charge on any atom is -0.356 e. The number of halogens is 4. The molecule has 0 amide bonds. The van der Waals surface area contributed by atoms with E-state index in [9.17, 15) is 22.4 Å². The van der Waals surface area contributed by atoms with E-state index in [0.717, 1.165) is 6.07 Å². The van der Waals surface area contributed by atoms with E-state index in [2.05, 4.69) is 0 Å². The molecule has 16 heavy (non-hydrogen) atoms. The van der Waals surface area contributed by atoms with Crippen molar-refractivity contribution in [1.82, 2.24) is 0 Å². The van der Waals surface area contributed by atoms with Crippen LogP contribution in [0.2, 0.25) is 0 Å². The summed E-state index contributed by atoms with van der Waals surface area (Å²) in [5.74, 6) is -6.29. The highest BCUT2D eigenvalue weighted by molar-refractivity contribution is 7.12. The first kappa shape index (κ1) is 13.1. The molecule has 1 aromatic rings. The Balaban J connectivity index is 2.95. The van der Waals surface area contributed by atoms with Gasteiger partial charge in [0.2, 0.25) is 12.0 Å². The van der Waals surface area contributed by atoms with Gasteiger partial charge in [-0.2, -0.15) is 13.2 Å². The van der Waals surface area contributed by atoms with Gasteiger partial charge < -0.3 is 10.2 Å². The summed E-state index contributed by atoms with van der Waals surface area (Å²) in [7, 11) is 0. The molecule has 1 atom stereocenters. The zero-order chi connectivity index (χ0) is 12.6. The van der Waals surface area contributed by atoms with Crippen molar-refractivity contribution >= 4 is 17.1 Å². The van der Waals surface area contributed by atoms with E-state index in [1.165, 1.54) is 11.4 Å². The van der Waals surface area contributed by atoms with Crippen LogP contribution in [0.15, 0.2) is 17.5 Å². The number of ketones is 1. The van der Waals surface area contributed by atoms with Gasteiger partial charge in [-0.15, -0.1) is 11.3 Å². The monoisotopic (exact) mass is 258 g/mol. The normalized spacial score (nSPS) is 14.9. The third-order valence-corrected chi connectivity index (χ3v) is 2.65. The summed E-state index contributed by atoms with van der Waals surface area (Å²) in [5, 5.41) is 18.4. The van der Waals surface area contributed by atoms with E-state index in [1.54, 1.807) is 0 Å². The number of aliphatic hydroxyl groups is 2. The fraction of sp³-hybridized carbons (Fsp3) is 0.375. The second kappa shape index (κ2) is 4.11. The molecule has 0 aliphatic rings. The quantitative estimate of drug-likeness (QED) is 0.491. The van der Waals surface area contributed by atoms with Crippen LogP contribution < -0.4 is 0 Å². The SMILES string of the molecule is O=C(c1cccs1)C(F)C(O)(O)C(F)(F)F. The molecule has 0 bridgehead atoms. The van der Waals surface area contributed by atoms with Gasteiger partial charge in [-0.05, 0) is 11.4 Å². The van der Waals surface area contributed by atoms with Crippen molar-refractivity contribution in [1.29, 1.82) is 0 Å². The molecule has 8 heteroatoms. The van der Waals surface area contributed by atoms with Crippen LogP contribution in [0.5, 0.6) is 0 Å². The van der Waals surface area contributed by atoms with Crippen LogP contribution in [0.3, 0.4) is 0 Å². The molecule has 0 saturated heterocycles. The second-order valence-corrected chi connectivity index (χ2v) is 3.88. The summed E-state index contributed by atoms with van der Waals surface area (Å²) < 4.78 is 49.1. The third kappa shape index (κ3) is 2.23. The van der Waals surface area contributed by atoms with Gasteiger partial charge in [0, 0.05) is 0 Å². The molecule has 1 heterocycles. The molecule has 0 spiro atoms. The lowest BCUT2D eigenvalue weighted by molar-refractivity contribution is -0.362. The molecule has 3 nitrogen and oxygen atoms in total. The number of carbonyl (C=O) groups excluding carboxylic acids is 1. The summed E-state index contributed by atoms with van der Waals surface area (Å²) in [6, 6.07) is 2.42. The van der Waals surface area contributed by atoms with Gasteiger partial charge in [-0.1, -0.05) is 6.07 Å². The van der Waals surface area contributed by atoms with Crippen molar-refractivity contribution in [2.24, 2.45) is 0 Å². The summed E-state index contributed by atoms with van der Waals surface area (Å²) in [5.41, 5.74) is 0. The number of hydrogen-bond donors (Lipinski definition) is 2. The lowest BCUT2D eigenvalue weighted by atomic mass is 10.1. The van der Waals surface area contributed by atoms with Gasteiger partial charge in [-0.3, -0.25) is 4.79 Å². The van der Waals surface area contributed by atoms with E-state index in [0.29, 0.717) is 11.3 Å². The highest BCUT2D eigenvalue weighted by Gasteiger charge is 2.61. The first-order valence-electron chi connectivity index (χ1n) is 3.91. The number of carbonyl (C=O) groups is 1. The highest BCUT2D eigenvalue weighted by atomic mass is 32.1. The topological polar surface area (TPSA) is 57.5 Å². The number of alkyl halides is 4. The molecule has 0 aromatic carbocycles. The molecular formula is C8H6F4O3S. The van der Waals surface area contributed by atoms with Crippen LogP contribution in [-0.4, -0.2) is 34.1 Å². The summed E-state index contributed by atoms with van der Waals surface area (Å²) in [6.07, 6.45) is -9.11. The van der Waals surface area contributed by atoms with E-state index in [-0.39, 0.29) is 4.88 Å². The Morgan fingerprint density at radius 2 is 1.94 bits per heavy atom. The van der Waals surface area contributed by atoms with Crippen LogP contribution in [0.25, 0.3) is 0 Å².